The highest BCUT2D eigenvalue weighted by molar-refractivity contribution is 8.00. The summed E-state index contributed by atoms with van der Waals surface area (Å²) in [5.74, 6) is 1.94. The average Bonchev–Trinajstić information content (AvgIpc) is 3.20. The van der Waals surface area contributed by atoms with E-state index in [0.717, 1.165) is 33.3 Å². The molecule has 3 aromatic rings. The van der Waals surface area contributed by atoms with Crippen molar-refractivity contribution in [3.8, 4) is 17.2 Å². The van der Waals surface area contributed by atoms with Gasteiger partial charge >= 0.3 is 6.01 Å². The summed E-state index contributed by atoms with van der Waals surface area (Å²) in [7, 11) is 1.65. The number of anilines is 1. The van der Waals surface area contributed by atoms with Crippen LogP contribution in [0.15, 0.2) is 62.7 Å². The number of amides is 1. The minimum absolute atomic E-state index is 0.125. The highest BCUT2D eigenvalue weighted by atomic mass is 32.2. The number of nitrogens with one attached hydrogen (secondary N) is 1. The van der Waals surface area contributed by atoms with Crippen molar-refractivity contribution in [2.24, 2.45) is 0 Å². The Morgan fingerprint density at radius 2 is 1.93 bits per heavy atom. The number of ether oxygens (including phenoxy) is 1. The molecular formula is C22H25N3O3S2. The van der Waals surface area contributed by atoms with Crippen LogP contribution >= 0.6 is 23.5 Å². The van der Waals surface area contributed by atoms with E-state index in [1.807, 2.05) is 42.5 Å². The fourth-order valence-electron chi connectivity index (χ4n) is 2.64. The van der Waals surface area contributed by atoms with Gasteiger partial charge in [-0.25, -0.2) is 0 Å². The highest BCUT2D eigenvalue weighted by Crippen LogP contribution is 2.28. The average molecular weight is 444 g/mol. The van der Waals surface area contributed by atoms with E-state index in [1.54, 1.807) is 30.6 Å². The molecule has 0 bridgehead atoms. The monoisotopic (exact) mass is 443 g/mol. The lowest BCUT2D eigenvalue weighted by molar-refractivity contribution is -0.116. The van der Waals surface area contributed by atoms with Crippen molar-refractivity contribution in [2.45, 2.75) is 41.7 Å². The van der Waals surface area contributed by atoms with E-state index in [4.69, 9.17) is 9.15 Å². The van der Waals surface area contributed by atoms with Crippen LogP contribution in [-0.4, -0.2) is 34.2 Å². The second-order valence-corrected chi connectivity index (χ2v) is 9.60. The third-order valence-electron chi connectivity index (χ3n) is 4.00. The number of benzene rings is 2. The smallest absolute Gasteiger partial charge is 0.322 e. The van der Waals surface area contributed by atoms with Crippen LogP contribution in [0.25, 0.3) is 11.5 Å². The van der Waals surface area contributed by atoms with Crippen LogP contribution in [0.1, 0.15) is 26.7 Å². The van der Waals surface area contributed by atoms with Crippen molar-refractivity contribution in [2.75, 3.05) is 18.2 Å². The fraction of sp³-hybridized carbons (Fsp3) is 0.318. The first-order valence-corrected chi connectivity index (χ1v) is 11.6. The lowest BCUT2D eigenvalue weighted by Crippen LogP contribution is -2.11. The zero-order valence-electron chi connectivity index (χ0n) is 17.3. The standard InChI is InChI=1S/C22H25N3O3S2/c1-15(2)30-19-7-4-6-16(14-19)21-24-25-22(28-21)23-20(26)8-5-13-29-18-11-9-17(27-3)10-12-18/h4,6-7,9-12,14-15H,5,8,13H2,1-3H3,(H,23,25,26). The number of methoxy groups -OCH3 is 1. The van der Waals surface area contributed by atoms with Gasteiger partial charge in [-0.2, -0.15) is 0 Å². The van der Waals surface area contributed by atoms with E-state index in [-0.39, 0.29) is 11.9 Å². The van der Waals surface area contributed by atoms with Crippen molar-refractivity contribution in [1.29, 1.82) is 0 Å². The maximum Gasteiger partial charge on any atom is 0.322 e. The van der Waals surface area contributed by atoms with Gasteiger partial charge in [0.1, 0.15) is 5.75 Å². The number of aromatic nitrogens is 2. The molecule has 0 saturated heterocycles. The second-order valence-electron chi connectivity index (χ2n) is 6.78. The van der Waals surface area contributed by atoms with Crippen molar-refractivity contribution < 1.29 is 13.9 Å². The van der Waals surface area contributed by atoms with Gasteiger partial charge in [0.25, 0.3) is 0 Å². The van der Waals surface area contributed by atoms with Crippen LogP contribution in [0.2, 0.25) is 0 Å². The van der Waals surface area contributed by atoms with E-state index >= 15 is 0 Å². The minimum atomic E-state index is -0.135. The largest absolute Gasteiger partial charge is 0.497 e. The van der Waals surface area contributed by atoms with Crippen LogP contribution < -0.4 is 10.1 Å². The summed E-state index contributed by atoms with van der Waals surface area (Å²) in [4.78, 5) is 14.4. The number of nitrogens with zero attached hydrogens (tertiary/aromatic N) is 2. The van der Waals surface area contributed by atoms with Gasteiger partial charge in [-0.1, -0.05) is 25.0 Å². The summed E-state index contributed by atoms with van der Waals surface area (Å²) in [6.07, 6.45) is 1.14. The Hall–Kier alpha value is -2.45. The first kappa shape index (κ1) is 22.2. The molecule has 3 rings (SSSR count). The maximum absolute atomic E-state index is 12.2. The van der Waals surface area contributed by atoms with Crippen LogP contribution in [-0.2, 0) is 4.79 Å². The molecule has 1 aromatic heterocycles. The zero-order chi connectivity index (χ0) is 21.3. The molecule has 2 aromatic carbocycles. The van der Waals surface area contributed by atoms with Crippen molar-refractivity contribution in [3.05, 3.63) is 48.5 Å². The van der Waals surface area contributed by atoms with Crippen LogP contribution in [0.3, 0.4) is 0 Å². The summed E-state index contributed by atoms with van der Waals surface area (Å²) in [5, 5.41) is 11.2. The van der Waals surface area contributed by atoms with E-state index < -0.39 is 0 Å². The topological polar surface area (TPSA) is 77.2 Å². The van der Waals surface area contributed by atoms with E-state index in [0.29, 0.717) is 17.6 Å². The molecule has 1 amide bonds. The fourth-order valence-corrected chi connectivity index (χ4v) is 4.39. The summed E-state index contributed by atoms with van der Waals surface area (Å²) in [6, 6.07) is 16.0. The summed E-state index contributed by atoms with van der Waals surface area (Å²) < 4.78 is 10.8. The molecule has 158 valence electrons. The normalized spacial score (nSPS) is 10.9. The molecule has 0 aliphatic carbocycles. The molecule has 0 aliphatic heterocycles. The predicted octanol–water partition coefficient (Wildman–Crippen LogP) is 5.76. The van der Waals surface area contributed by atoms with E-state index in [2.05, 4.69) is 35.4 Å². The Labute approximate surface area is 185 Å². The maximum atomic E-state index is 12.2. The molecule has 8 heteroatoms. The molecule has 1 N–H and O–H groups in total. The Bertz CT molecular complexity index is 958. The summed E-state index contributed by atoms with van der Waals surface area (Å²) >= 11 is 3.47. The van der Waals surface area contributed by atoms with Crippen molar-refractivity contribution in [3.63, 3.8) is 0 Å². The highest BCUT2D eigenvalue weighted by Gasteiger charge is 2.12. The van der Waals surface area contributed by atoms with Crippen LogP contribution in [0, 0.1) is 0 Å². The van der Waals surface area contributed by atoms with Gasteiger partial charge in [-0.05, 0) is 54.6 Å². The van der Waals surface area contributed by atoms with Gasteiger partial charge in [0.2, 0.25) is 11.8 Å². The van der Waals surface area contributed by atoms with Crippen molar-refractivity contribution in [1.82, 2.24) is 10.2 Å². The SMILES string of the molecule is COc1ccc(SCCCC(=O)Nc2nnc(-c3cccc(SC(C)C)c3)o2)cc1. The Balaban J connectivity index is 1.45. The lowest BCUT2D eigenvalue weighted by atomic mass is 10.2. The first-order chi connectivity index (χ1) is 14.5. The zero-order valence-corrected chi connectivity index (χ0v) is 18.9. The molecule has 0 spiro atoms. The van der Waals surface area contributed by atoms with Gasteiger partial charge in [-0.3, -0.25) is 10.1 Å². The van der Waals surface area contributed by atoms with Gasteiger partial charge in [0, 0.05) is 27.0 Å². The van der Waals surface area contributed by atoms with Crippen LogP contribution in [0.4, 0.5) is 6.01 Å². The Morgan fingerprint density at radius 1 is 1.13 bits per heavy atom. The summed E-state index contributed by atoms with van der Waals surface area (Å²) in [5.41, 5.74) is 0.838. The number of rotatable bonds is 10. The first-order valence-electron chi connectivity index (χ1n) is 9.71. The number of thioether (sulfide) groups is 2. The Kier molecular flexibility index (Phi) is 8.21. The third kappa shape index (κ3) is 6.81. The molecule has 30 heavy (non-hydrogen) atoms. The van der Waals surface area contributed by atoms with Gasteiger partial charge in [0.15, 0.2) is 0 Å². The predicted molar refractivity (Wildman–Crippen MR) is 122 cm³/mol. The number of hydrogen-bond donors (Lipinski definition) is 1. The second kappa shape index (κ2) is 11.1. The quantitative estimate of drug-likeness (QED) is 0.315. The number of carbonyl (C=O) groups excluding carboxylic acids is 1. The number of carbonyl (C=O) groups is 1. The van der Waals surface area contributed by atoms with E-state index in [1.165, 1.54) is 0 Å². The minimum Gasteiger partial charge on any atom is -0.497 e. The summed E-state index contributed by atoms with van der Waals surface area (Å²) in [6.45, 7) is 4.29. The molecule has 0 radical (unpaired) electrons. The van der Waals surface area contributed by atoms with Crippen LogP contribution in [0.5, 0.6) is 5.75 Å². The molecular weight excluding hydrogens is 418 g/mol. The van der Waals surface area contributed by atoms with Crippen molar-refractivity contribution >= 4 is 35.4 Å². The van der Waals surface area contributed by atoms with Gasteiger partial charge < -0.3 is 9.15 Å². The molecule has 0 unspecified atom stereocenters. The molecule has 0 fully saturated rings. The number of hydrogen-bond acceptors (Lipinski definition) is 7. The lowest BCUT2D eigenvalue weighted by Gasteiger charge is -2.05. The Morgan fingerprint density at radius 3 is 2.67 bits per heavy atom. The molecule has 1 heterocycles. The van der Waals surface area contributed by atoms with Gasteiger partial charge in [-0.15, -0.1) is 28.6 Å². The molecule has 0 aliphatic rings. The van der Waals surface area contributed by atoms with E-state index in [9.17, 15) is 4.79 Å². The molecule has 0 atom stereocenters. The van der Waals surface area contributed by atoms with Gasteiger partial charge in [0.05, 0.1) is 7.11 Å². The molecule has 0 saturated carbocycles. The third-order valence-corrected chi connectivity index (χ3v) is 6.10. The molecule has 6 nitrogen and oxygen atoms in total.